The Morgan fingerprint density at radius 2 is 1.96 bits per heavy atom. The van der Waals surface area contributed by atoms with E-state index >= 15 is 0 Å². The molecule has 0 aliphatic rings. The molecular weight excluding hydrogens is 377 g/mol. The second kappa shape index (κ2) is 7.69. The van der Waals surface area contributed by atoms with Gasteiger partial charge in [-0.2, -0.15) is 0 Å². The molecule has 6 nitrogen and oxygen atoms in total. The van der Waals surface area contributed by atoms with E-state index in [2.05, 4.69) is 25.6 Å². The van der Waals surface area contributed by atoms with E-state index in [-0.39, 0.29) is 11.8 Å². The Balaban J connectivity index is 1.90. The number of aromatic nitrogens is 3. The number of benzene rings is 1. The topological polar surface area (TPSA) is 79.8 Å². The van der Waals surface area contributed by atoms with Crippen molar-refractivity contribution in [3.05, 3.63) is 60.9 Å². The second-order valence-corrected chi connectivity index (χ2v) is 6.97. The fraction of sp³-hybridized carbons (Fsp3) is 0.100. The fourth-order valence-corrected chi connectivity index (χ4v) is 3.83. The Morgan fingerprint density at radius 1 is 1.11 bits per heavy atom. The lowest BCUT2D eigenvalue weighted by atomic mass is 10.00. The Kier molecular flexibility index (Phi) is 4.94. The number of thiazole rings is 1. The highest BCUT2D eigenvalue weighted by atomic mass is 32.1. The van der Waals surface area contributed by atoms with Gasteiger partial charge in [-0.1, -0.05) is 17.4 Å². The molecule has 2 amide bonds. The fourth-order valence-electron chi connectivity index (χ4n) is 2.86. The molecule has 140 valence electrons. The van der Waals surface area contributed by atoms with Gasteiger partial charge in [0, 0.05) is 48.0 Å². The summed E-state index contributed by atoms with van der Waals surface area (Å²) in [6.07, 6.45) is 6.34. The first-order chi connectivity index (χ1) is 13.7. The number of nitrogens with zero attached hydrogens (tertiary/aromatic N) is 3. The molecule has 0 aliphatic heterocycles. The monoisotopic (exact) mass is 393 g/mol. The number of carbonyl (C=O) groups is 1. The van der Waals surface area contributed by atoms with Gasteiger partial charge in [0.05, 0.1) is 10.2 Å². The van der Waals surface area contributed by atoms with E-state index in [0.717, 1.165) is 15.8 Å². The van der Waals surface area contributed by atoms with Crippen LogP contribution in [0.2, 0.25) is 0 Å². The summed E-state index contributed by atoms with van der Waals surface area (Å²) in [5, 5.41) is 5.83. The third-order valence-electron chi connectivity index (χ3n) is 4.10. The molecule has 0 unspecified atom stereocenters. The number of nitrogens with one attached hydrogen (secondary N) is 2. The van der Waals surface area contributed by atoms with Gasteiger partial charge in [0.25, 0.3) is 0 Å². The van der Waals surface area contributed by atoms with Gasteiger partial charge in [0.15, 0.2) is 5.13 Å². The van der Waals surface area contributed by atoms with Crippen molar-refractivity contribution < 1.29 is 9.18 Å². The maximum Gasteiger partial charge on any atom is 0.321 e. The minimum absolute atomic E-state index is 0.330. The smallest absolute Gasteiger partial charge is 0.321 e. The summed E-state index contributed by atoms with van der Waals surface area (Å²) < 4.78 is 15.3. The summed E-state index contributed by atoms with van der Waals surface area (Å²) in [6.45, 7) is 2.34. The second-order valence-electron chi connectivity index (χ2n) is 5.97. The lowest BCUT2D eigenvalue weighted by molar-refractivity contribution is 0.252. The molecule has 0 atom stereocenters. The number of rotatable bonds is 4. The van der Waals surface area contributed by atoms with E-state index in [1.807, 2.05) is 31.2 Å². The van der Waals surface area contributed by atoms with Crippen LogP contribution in [0.4, 0.5) is 14.3 Å². The van der Waals surface area contributed by atoms with Gasteiger partial charge in [0.2, 0.25) is 0 Å². The lowest BCUT2D eigenvalue weighted by Crippen LogP contribution is -2.28. The number of urea groups is 1. The van der Waals surface area contributed by atoms with Crippen LogP contribution in [0.15, 0.2) is 55.1 Å². The zero-order valence-corrected chi connectivity index (χ0v) is 15.8. The molecule has 0 saturated heterocycles. The minimum Gasteiger partial charge on any atom is -0.338 e. The Labute approximate surface area is 164 Å². The maximum absolute atomic E-state index is 14.5. The van der Waals surface area contributed by atoms with E-state index in [4.69, 9.17) is 0 Å². The largest absolute Gasteiger partial charge is 0.338 e. The molecule has 4 aromatic rings. The van der Waals surface area contributed by atoms with Crippen molar-refractivity contribution in [1.29, 1.82) is 0 Å². The summed E-state index contributed by atoms with van der Waals surface area (Å²) in [6, 6.07) is 8.57. The van der Waals surface area contributed by atoms with E-state index in [0.29, 0.717) is 28.3 Å². The molecular formula is C20H16FN5OS. The molecule has 0 aliphatic carbocycles. The van der Waals surface area contributed by atoms with Crippen LogP contribution in [0, 0.1) is 5.82 Å². The van der Waals surface area contributed by atoms with Crippen LogP contribution in [0.3, 0.4) is 0 Å². The zero-order chi connectivity index (χ0) is 19.5. The molecule has 3 aromatic heterocycles. The van der Waals surface area contributed by atoms with Crippen molar-refractivity contribution in [2.75, 3.05) is 11.9 Å². The molecule has 4 rings (SSSR count). The van der Waals surface area contributed by atoms with E-state index in [1.165, 1.54) is 29.8 Å². The SMILES string of the molecule is CCNC(=O)Nc1nc2cc(-c3cccnc3)cc(-c3cnccc3F)c2s1. The normalized spacial score (nSPS) is 10.8. The van der Waals surface area contributed by atoms with Crippen LogP contribution in [0.25, 0.3) is 32.5 Å². The lowest BCUT2D eigenvalue weighted by Gasteiger charge is -2.08. The predicted octanol–water partition coefficient (Wildman–Crippen LogP) is 4.70. The Hall–Kier alpha value is -3.39. The number of carbonyl (C=O) groups excluding carboxylic acids is 1. The molecule has 1 aromatic carbocycles. The van der Waals surface area contributed by atoms with Crippen molar-refractivity contribution in [2.45, 2.75) is 6.92 Å². The van der Waals surface area contributed by atoms with Crippen LogP contribution in [-0.4, -0.2) is 27.5 Å². The number of hydrogen-bond donors (Lipinski definition) is 2. The van der Waals surface area contributed by atoms with Gasteiger partial charge < -0.3 is 5.32 Å². The zero-order valence-electron chi connectivity index (χ0n) is 14.9. The number of pyridine rings is 2. The van der Waals surface area contributed by atoms with Gasteiger partial charge in [-0.05, 0) is 36.8 Å². The predicted molar refractivity (Wildman–Crippen MR) is 109 cm³/mol. The summed E-state index contributed by atoms with van der Waals surface area (Å²) in [4.78, 5) is 24.6. The van der Waals surface area contributed by atoms with Crippen molar-refractivity contribution in [3.8, 4) is 22.3 Å². The Morgan fingerprint density at radius 3 is 2.71 bits per heavy atom. The van der Waals surface area contributed by atoms with Gasteiger partial charge in [-0.3, -0.25) is 15.3 Å². The number of amides is 2. The van der Waals surface area contributed by atoms with Gasteiger partial charge in [-0.25, -0.2) is 14.2 Å². The van der Waals surface area contributed by atoms with Crippen molar-refractivity contribution in [1.82, 2.24) is 20.3 Å². The first kappa shape index (κ1) is 18.0. The maximum atomic E-state index is 14.5. The number of halogens is 1. The van der Waals surface area contributed by atoms with Crippen LogP contribution < -0.4 is 10.6 Å². The first-order valence-corrected chi connectivity index (χ1v) is 9.47. The standard InChI is InChI=1S/C20H16FN5OS/c1-2-24-19(27)26-20-25-17-9-13(12-4-3-6-22-10-12)8-14(18(17)28-20)15-11-23-7-5-16(15)21/h3-11H,2H2,1H3,(H2,24,25,26,27). The molecule has 0 fully saturated rings. The molecule has 0 saturated carbocycles. The van der Waals surface area contributed by atoms with Gasteiger partial charge in [0.1, 0.15) is 5.82 Å². The van der Waals surface area contributed by atoms with Crippen molar-refractivity contribution in [3.63, 3.8) is 0 Å². The third-order valence-corrected chi connectivity index (χ3v) is 5.12. The molecule has 0 bridgehead atoms. The van der Waals surface area contributed by atoms with E-state index in [9.17, 15) is 9.18 Å². The Bertz CT molecular complexity index is 1150. The highest BCUT2D eigenvalue weighted by Crippen LogP contribution is 2.39. The molecule has 3 heterocycles. The van der Waals surface area contributed by atoms with Crippen LogP contribution in [0.1, 0.15) is 6.92 Å². The highest BCUT2D eigenvalue weighted by Gasteiger charge is 2.16. The summed E-state index contributed by atoms with van der Waals surface area (Å²) in [5.41, 5.74) is 3.46. The van der Waals surface area contributed by atoms with Gasteiger partial charge in [-0.15, -0.1) is 0 Å². The summed E-state index contributed by atoms with van der Waals surface area (Å²) in [7, 11) is 0. The number of hydrogen-bond acceptors (Lipinski definition) is 5. The minimum atomic E-state index is -0.369. The van der Waals surface area contributed by atoms with Crippen LogP contribution in [0.5, 0.6) is 0 Å². The average Bonchev–Trinajstić information content (AvgIpc) is 3.11. The van der Waals surface area contributed by atoms with E-state index < -0.39 is 0 Å². The molecule has 2 N–H and O–H groups in total. The first-order valence-electron chi connectivity index (χ1n) is 8.65. The number of fused-ring (bicyclic) bond motifs is 1. The molecule has 0 radical (unpaired) electrons. The van der Waals surface area contributed by atoms with E-state index in [1.54, 1.807) is 12.4 Å². The van der Waals surface area contributed by atoms with Crippen molar-refractivity contribution >= 4 is 32.7 Å². The average molecular weight is 393 g/mol. The van der Waals surface area contributed by atoms with Crippen LogP contribution >= 0.6 is 11.3 Å². The summed E-state index contributed by atoms with van der Waals surface area (Å²) in [5.74, 6) is -0.369. The highest BCUT2D eigenvalue weighted by molar-refractivity contribution is 7.22. The molecule has 28 heavy (non-hydrogen) atoms. The van der Waals surface area contributed by atoms with Gasteiger partial charge >= 0.3 is 6.03 Å². The number of anilines is 1. The quantitative estimate of drug-likeness (QED) is 0.527. The van der Waals surface area contributed by atoms with Crippen LogP contribution in [-0.2, 0) is 0 Å². The molecule has 8 heteroatoms. The third kappa shape index (κ3) is 3.54. The van der Waals surface area contributed by atoms with Crippen molar-refractivity contribution in [2.24, 2.45) is 0 Å². The summed E-state index contributed by atoms with van der Waals surface area (Å²) >= 11 is 1.29. The molecule has 0 spiro atoms.